The van der Waals surface area contributed by atoms with Crippen molar-refractivity contribution in [1.82, 2.24) is 0 Å². The van der Waals surface area contributed by atoms with Crippen LogP contribution in [-0.4, -0.2) is 16.5 Å². The van der Waals surface area contributed by atoms with E-state index in [1.807, 2.05) is 32.0 Å². The van der Waals surface area contributed by atoms with Crippen LogP contribution in [0.2, 0.25) is 0 Å². The van der Waals surface area contributed by atoms with Crippen molar-refractivity contribution in [2.45, 2.75) is 33.6 Å². The Kier molecular flexibility index (Phi) is 2.09. The lowest BCUT2D eigenvalue weighted by Gasteiger charge is -2.17. The lowest BCUT2D eigenvalue weighted by molar-refractivity contribution is -0.456. The highest BCUT2D eigenvalue weighted by molar-refractivity contribution is 6.17. The molecule has 1 aromatic carbocycles. The largest absolute Gasteiger partial charge is 0.596 e. The van der Waals surface area contributed by atoms with E-state index in [9.17, 15) is 10.0 Å². The van der Waals surface area contributed by atoms with Gasteiger partial charge in [0.05, 0.1) is 0 Å². The van der Waals surface area contributed by atoms with Gasteiger partial charge in [-0.2, -0.15) is 0 Å². The van der Waals surface area contributed by atoms with E-state index < -0.39 is 5.41 Å². The van der Waals surface area contributed by atoms with Gasteiger partial charge in [-0.15, -0.1) is 0 Å². The van der Waals surface area contributed by atoms with Gasteiger partial charge < -0.3 is 5.21 Å². The molecule has 1 aliphatic carbocycles. The van der Waals surface area contributed by atoms with Gasteiger partial charge in [0.1, 0.15) is 11.1 Å². The van der Waals surface area contributed by atoms with Crippen LogP contribution in [0.25, 0.3) is 0 Å². The topological polar surface area (TPSA) is 46.4 Å². The van der Waals surface area contributed by atoms with E-state index in [4.69, 9.17) is 0 Å². The molecule has 1 spiro atoms. The molecule has 0 saturated heterocycles. The van der Waals surface area contributed by atoms with E-state index in [0.717, 1.165) is 28.8 Å². The maximum Gasteiger partial charge on any atom is 0.301 e. The van der Waals surface area contributed by atoms with Crippen molar-refractivity contribution in [2.24, 2.45) is 5.41 Å². The lowest BCUT2D eigenvalue weighted by atomic mass is 10.0. The maximum atomic E-state index is 12.4. The second-order valence-electron chi connectivity index (χ2n) is 5.35. The Morgan fingerprint density at radius 3 is 2.44 bits per heavy atom. The van der Waals surface area contributed by atoms with Gasteiger partial charge in [-0.1, -0.05) is 27.6 Å². The Bertz CT molecular complexity index is 585. The van der Waals surface area contributed by atoms with Crippen molar-refractivity contribution >= 4 is 17.3 Å². The van der Waals surface area contributed by atoms with Gasteiger partial charge in [0.25, 0.3) is 0 Å². The fourth-order valence-corrected chi connectivity index (χ4v) is 2.72. The molecule has 1 amide bonds. The van der Waals surface area contributed by atoms with Gasteiger partial charge in [0.15, 0.2) is 0 Å². The first-order chi connectivity index (χ1) is 8.47. The highest BCUT2D eigenvalue weighted by atomic mass is 16.5. The van der Waals surface area contributed by atoms with E-state index in [-0.39, 0.29) is 5.91 Å². The number of aryl methyl sites for hydroxylation is 2. The highest BCUT2D eigenvalue weighted by Crippen LogP contribution is 2.52. The number of carbonyl (C=O) groups excluding carboxylic acids is 1. The van der Waals surface area contributed by atoms with Crippen molar-refractivity contribution in [1.29, 1.82) is 0 Å². The molecule has 4 nitrogen and oxygen atoms in total. The highest BCUT2D eigenvalue weighted by Gasteiger charge is 2.65. The Hall–Kier alpha value is -1.84. The van der Waals surface area contributed by atoms with Gasteiger partial charge in [-0.05, 0) is 38.3 Å². The maximum absolute atomic E-state index is 12.4. The molecule has 2 aliphatic rings. The molecule has 4 heteroatoms. The number of carbonyl (C=O) groups is 1. The molecule has 18 heavy (non-hydrogen) atoms. The minimum Gasteiger partial charge on any atom is -0.596 e. The van der Waals surface area contributed by atoms with Crippen molar-refractivity contribution in [3.8, 4) is 0 Å². The first kappa shape index (κ1) is 11.3. The van der Waals surface area contributed by atoms with E-state index in [0.29, 0.717) is 11.4 Å². The van der Waals surface area contributed by atoms with Crippen LogP contribution >= 0.6 is 0 Å². The van der Waals surface area contributed by atoms with Crippen LogP contribution in [0.4, 0.5) is 5.69 Å². The predicted octanol–water partition coefficient (Wildman–Crippen LogP) is 2.32. The van der Waals surface area contributed by atoms with Crippen molar-refractivity contribution < 1.29 is 9.64 Å². The molecule has 0 unspecified atom stereocenters. The summed E-state index contributed by atoms with van der Waals surface area (Å²) in [4.78, 5) is 13.2. The molecule has 1 fully saturated rings. The van der Waals surface area contributed by atoms with Crippen LogP contribution in [0.3, 0.4) is 0 Å². The number of anilines is 1. The van der Waals surface area contributed by atoms with Crippen molar-refractivity contribution in [3.05, 3.63) is 34.5 Å². The third-order valence-electron chi connectivity index (χ3n) is 4.09. The molecule has 0 atom stereocenters. The Labute approximate surface area is 106 Å². The van der Waals surface area contributed by atoms with E-state index >= 15 is 0 Å². The third-order valence-corrected chi connectivity index (χ3v) is 4.09. The number of benzene rings is 1. The van der Waals surface area contributed by atoms with Gasteiger partial charge in [-0.25, -0.2) is 0 Å². The van der Waals surface area contributed by atoms with Crippen LogP contribution in [0.5, 0.6) is 0 Å². The zero-order chi connectivity index (χ0) is 13.1. The van der Waals surface area contributed by atoms with Crippen LogP contribution in [0.15, 0.2) is 18.2 Å². The minimum absolute atomic E-state index is 0.0676. The summed E-state index contributed by atoms with van der Waals surface area (Å²) in [6.45, 7) is 5.69. The summed E-state index contributed by atoms with van der Waals surface area (Å²) in [5.41, 5.74) is 2.92. The van der Waals surface area contributed by atoms with Gasteiger partial charge in [-0.3, -0.25) is 4.79 Å². The number of hydrogen-bond donors (Lipinski definition) is 0. The van der Waals surface area contributed by atoms with Crippen LogP contribution in [0.1, 0.15) is 30.9 Å². The van der Waals surface area contributed by atoms with E-state index in [1.54, 1.807) is 6.92 Å². The van der Waals surface area contributed by atoms with Gasteiger partial charge in [0, 0.05) is 6.92 Å². The molecular formula is C14H16N2O2. The van der Waals surface area contributed by atoms with Crippen molar-refractivity contribution in [3.63, 3.8) is 0 Å². The number of rotatable bonds is 1. The number of hydrazine groups is 1. The molecule has 0 radical (unpaired) electrons. The van der Waals surface area contributed by atoms with Crippen LogP contribution < -0.4 is 5.01 Å². The summed E-state index contributed by atoms with van der Waals surface area (Å²) in [7, 11) is 0. The number of amides is 1. The molecule has 1 aliphatic heterocycles. The van der Waals surface area contributed by atoms with Crippen LogP contribution in [-0.2, 0) is 4.79 Å². The molecule has 1 heterocycles. The summed E-state index contributed by atoms with van der Waals surface area (Å²) in [6, 6.07) is 5.77. The molecule has 0 aromatic heterocycles. The smallest absolute Gasteiger partial charge is 0.301 e. The zero-order valence-corrected chi connectivity index (χ0v) is 10.9. The SMILES string of the molecule is CC1=[N+]([O-])N(c2ccc(C)cc2C)C(=O)C12CC2. The lowest BCUT2D eigenvalue weighted by Crippen LogP contribution is -2.34. The molecule has 1 saturated carbocycles. The quantitative estimate of drug-likeness (QED) is 0.562. The normalized spacial score (nSPS) is 21.1. The van der Waals surface area contributed by atoms with Crippen LogP contribution in [0, 0.1) is 24.5 Å². The third kappa shape index (κ3) is 1.26. The van der Waals surface area contributed by atoms with Gasteiger partial charge >= 0.3 is 5.91 Å². The zero-order valence-electron chi connectivity index (χ0n) is 10.9. The number of nitrogens with zero attached hydrogens (tertiary/aromatic N) is 2. The fourth-order valence-electron chi connectivity index (χ4n) is 2.72. The standard InChI is InChI=1S/C14H16N2O2/c1-9-4-5-12(10(2)8-9)15-13(17)14(6-7-14)11(3)16(15)18/h4-5,8H,6-7H2,1-3H3. The number of hydrogen-bond acceptors (Lipinski definition) is 2. The summed E-state index contributed by atoms with van der Waals surface area (Å²) in [5.74, 6) is -0.0676. The summed E-state index contributed by atoms with van der Waals surface area (Å²) in [5, 5.41) is 13.5. The second kappa shape index (κ2) is 3.34. The number of hydrazone groups is 1. The first-order valence-corrected chi connectivity index (χ1v) is 6.20. The van der Waals surface area contributed by atoms with E-state index in [1.165, 1.54) is 5.01 Å². The average molecular weight is 244 g/mol. The molecule has 94 valence electrons. The molecule has 0 bridgehead atoms. The predicted molar refractivity (Wildman–Crippen MR) is 69.4 cm³/mol. The first-order valence-electron chi connectivity index (χ1n) is 6.20. The summed E-state index contributed by atoms with van der Waals surface area (Å²) < 4.78 is 0. The molecular weight excluding hydrogens is 228 g/mol. The van der Waals surface area contributed by atoms with E-state index in [2.05, 4.69) is 0 Å². The fraction of sp³-hybridized carbons (Fsp3) is 0.429. The van der Waals surface area contributed by atoms with Crippen molar-refractivity contribution in [2.75, 3.05) is 5.01 Å². The van der Waals surface area contributed by atoms with Gasteiger partial charge in [0.2, 0.25) is 5.71 Å². The Balaban J connectivity index is 2.10. The average Bonchev–Trinajstić information content (AvgIpc) is 3.09. The molecule has 1 aromatic rings. The summed E-state index contributed by atoms with van der Waals surface area (Å²) >= 11 is 0. The monoisotopic (exact) mass is 244 g/mol. The minimum atomic E-state index is -0.487. The molecule has 3 rings (SSSR count). The molecule has 0 N–H and O–H groups in total. The Morgan fingerprint density at radius 1 is 1.28 bits per heavy atom. The second-order valence-corrected chi connectivity index (χ2v) is 5.35. The Morgan fingerprint density at radius 2 is 1.94 bits per heavy atom. The summed E-state index contributed by atoms with van der Waals surface area (Å²) in [6.07, 6.45) is 1.61.